The van der Waals surface area contributed by atoms with Crippen LogP contribution in [0.5, 0.6) is 11.5 Å². The normalized spacial score (nSPS) is 13.5. The van der Waals surface area contributed by atoms with Crippen molar-refractivity contribution in [2.75, 3.05) is 12.4 Å². The molecule has 0 aliphatic heterocycles. The third-order valence-electron chi connectivity index (χ3n) is 2.98. The first-order chi connectivity index (χ1) is 11.9. The van der Waals surface area contributed by atoms with Crippen molar-refractivity contribution in [3.63, 3.8) is 0 Å². The number of thioether (sulfide) groups is 1. The molecule has 0 aromatic heterocycles. The molecule has 25 heavy (non-hydrogen) atoms. The van der Waals surface area contributed by atoms with Crippen LogP contribution in [0.2, 0.25) is 0 Å². The Labute approximate surface area is 157 Å². The van der Waals surface area contributed by atoms with E-state index in [0.717, 1.165) is 17.1 Å². The van der Waals surface area contributed by atoms with Crippen LogP contribution in [0.25, 0.3) is 0 Å². The number of hydrogen-bond acceptors (Lipinski definition) is 4. The summed E-state index contributed by atoms with van der Waals surface area (Å²) in [4.78, 5) is 9.08. The van der Waals surface area contributed by atoms with Gasteiger partial charge >= 0.3 is 13.8 Å². The number of ether oxygens (including phenoxy) is 1. The minimum Gasteiger partial charge on any atom is -0.493 e. The third-order valence-corrected chi connectivity index (χ3v) is 5.54. The first-order valence-electron chi connectivity index (χ1n) is 7.23. The summed E-state index contributed by atoms with van der Waals surface area (Å²) in [5.74, 6) is 2.19. The van der Waals surface area contributed by atoms with Gasteiger partial charge in [0.2, 0.25) is 0 Å². The predicted molar refractivity (Wildman–Crippen MR) is 98.7 cm³/mol. The summed E-state index contributed by atoms with van der Waals surface area (Å²) in [5, 5.41) is 0. The van der Waals surface area contributed by atoms with Gasteiger partial charge in [0, 0.05) is 11.5 Å². The average molecular weight is 453 g/mol. The van der Waals surface area contributed by atoms with Crippen molar-refractivity contribution >= 4 is 35.3 Å². The molecular formula is C16H16BrF2O4PS. The van der Waals surface area contributed by atoms with E-state index in [4.69, 9.17) is 9.63 Å². The van der Waals surface area contributed by atoms with Gasteiger partial charge in [0.25, 0.3) is 0 Å². The van der Waals surface area contributed by atoms with E-state index >= 15 is 0 Å². The fraction of sp³-hybridized carbons (Fsp3) is 0.250. The number of para-hydroxylation sites is 1. The topological polar surface area (TPSA) is 55.8 Å². The maximum atomic E-state index is 12.4. The Hall–Kier alpha value is -1.08. The van der Waals surface area contributed by atoms with E-state index in [-0.39, 0.29) is 5.75 Å². The summed E-state index contributed by atoms with van der Waals surface area (Å²) in [6.45, 7) is 0.569. The average Bonchev–Trinajstić information content (AvgIpc) is 2.57. The minimum atomic E-state index is -4.97. The van der Waals surface area contributed by atoms with E-state index in [2.05, 4.69) is 20.5 Å². The second-order valence-corrected chi connectivity index (χ2v) is 8.57. The number of alkyl halides is 2. The maximum absolute atomic E-state index is 12.4. The molecule has 0 spiro atoms. The zero-order valence-electron chi connectivity index (χ0n) is 13.0. The van der Waals surface area contributed by atoms with Gasteiger partial charge in [-0.05, 0) is 45.8 Å². The Balaban J connectivity index is 1.79. The highest BCUT2D eigenvalue weighted by atomic mass is 79.9. The summed E-state index contributed by atoms with van der Waals surface area (Å²) >= 11 is 4.81. The molecule has 2 rings (SSSR count). The van der Waals surface area contributed by atoms with Gasteiger partial charge < -0.3 is 14.2 Å². The molecule has 0 radical (unpaired) electrons. The molecule has 0 heterocycles. The van der Waals surface area contributed by atoms with E-state index in [1.807, 2.05) is 30.3 Å². The van der Waals surface area contributed by atoms with Crippen molar-refractivity contribution in [2.45, 2.75) is 11.9 Å². The lowest BCUT2D eigenvalue weighted by Crippen LogP contribution is -2.02. The lowest BCUT2D eigenvalue weighted by atomic mass is 10.2. The fourth-order valence-electron chi connectivity index (χ4n) is 1.81. The van der Waals surface area contributed by atoms with Crippen LogP contribution < -0.4 is 9.26 Å². The number of benzene rings is 2. The molecule has 0 aliphatic carbocycles. The first kappa shape index (κ1) is 20.2. The zero-order valence-corrected chi connectivity index (χ0v) is 16.3. The molecule has 1 N–H and O–H groups in total. The smallest absolute Gasteiger partial charge is 0.442 e. The van der Waals surface area contributed by atoms with Gasteiger partial charge in [0.15, 0.2) is 0 Å². The molecule has 9 heteroatoms. The summed E-state index contributed by atoms with van der Waals surface area (Å²) in [6, 6.07) is 14.2. The van der Waals surface area contributed by atoms with Crippen LogP contribution in [0, 0.1) is 0 Å². The Bertz CT molecular complexity index is 733. The summed E-state index contributed by atoms with van der Waals surface area (Å²) < 4.78 is 46.5. The summed E-state index contributed by atoms with van der Waals surface area (Å²) in [5.41, 5.74) is 0.925. The van der Waals surface area contributed by atoms with Crippen LogP contribution in [0.4, 0.5) is 8.78 Å². The molecule has 1 unspecified atom stereocenters. The molecule has 0 amide bonds. The SMILES string of the molecule is O=P(O)(Oc1ccc(CSCCOc2ccccc2)cc1Br)C(F)F. The lowest BCUT2D eigenvalue weighted by Gasteiger charge is -2.14. The molecule has 0 bridgehead atoms. The molecular weight excluding hydrogens is 437 g/mol. The van der Waals surface area contributed by atoms with Crippen molar-refractivity contribution in [3.05, 3.63) is 58.6 Å². The molecule has 0 aliphatic rings. The Kier molecular flexibility index (Phi) is 7.75. The van der Waals surface area contributed by atoms with E-state index in [1.54, 1.807) is 23.9 Å². The zero-order chi connectivity index (χ0) is 18.3. The highest BCUT2D eigenvalue weighted by molar-refractivity contribution is 9.10. The molecule has 2 aromatic rings. The van der Waals surface area contributed by atoms with Crippen LogP contribution in [-0.2, 0) is 10.3 Å². The molecule has 0 saturated carbocycles. The van der Waals surface area contributed by atoms with Gasteiger partial charge in [0.05, 0.1) is 11.1 Å². The van der Waals surface area contributed by atoms with Crippen LogP contribution in [-0.4, -0.2) is 23.4 Å². The molecule has 4 nitrogen and oxygen atoms in total. The van der Waals surface area contributed by atoms with Crippen molar-refractivity contribution in [3.8, 4) is 11.5 Å². The largest absolute Gasteiger partial charge is 0.493 e. The van der Waals surface area contributed by atoms with E-state index in [1.165, 1.54) is 6.07 Å². The highest BCUT2D eigenvalue weighted by Crippen LogP contribution is 2.50. The molecule has 0 fully saturated rings. The van der Waals surface area contributed by atoms with Gasteiger partial charge in [0.1, 0.15) is 11.5 Å². The van der Waals surface area contributed by atoms with Gasteiger partial charge in [-0.25, -0.2) is 4.57 Å². The first-order valence-corrected chi connectivity index (χ1v) is 10.8. The minimum absolute atomic E-state index is 0.0905. The summed E-state index contributed by atoms with van der Waals surface area (Å²) in [7, 11) is -4.97. The van der Waals surface area contributed by atoms with E-state index < -0.39 is 13.8 Å². The third kappa shape index (κ3) is 6.62. The standard InChI is InChI=1S/C16H16BrF2O4PS/c17-14-10-12(6-7-15(14)23-24(20,21)16(18)19)11-25-9-8-22-13-4-2-1-3-5-13/h1-7,10,16H,8-9,11H2,(H,20,21). The predicted octanol–water partition coefficient (Wildman–Crippen LogP) is 5.55. The molecule has 1 atom stereocenters. The second kappa shape index (κ2) is 9.57. The van der Waals surface area contributed by atoms with Gasteiger partial charge in [-0.15, -0.1) is 0 Å². The Morgan fingerprint density at radius 1 is 1.20 bits per heavy atom. The summed E-state index contributed by atoms with van der Waals surface area (Å²) in [6.07, 6.45) is -3.45. The monoisotopic (exact) mass is 452 g/mol. The maximum Gasteiger partial charge on any atom is 0.442 e. The van der Waals surface area contributed by atoms with Gasteiger partial charge in [-0.3, -0.25) is 0 Å². The number of hydrogen-bond donors (Lipinski definition) is 1. The second-order valence-electron chi connectivity index (χ2n) is 4.91. The lowest BCUT2D eigenvalue weighted by molar-refractivity contribution is 0.188. The quantitative estimate of drug-likeness (QED) is 0.399. The van der Waals surface area contributed by atoms with E-state index in [9.17, 15) is 13.3 Å². The van der Waals surface area contributed by atoms with Crippen molar-refractivity contribution in [2.24, 2.45) is 0 Å². The van der Waals surface area contributed by atoms with Crippen molar-refractivity contribution in [1.82, 2.24) is 0 Å². The van der Waals surface area contributed by atoms with Gasteiger partial charge in [-0.2, -0.15) is 20.5 Å². The molecule has 2 aromatic carbocycles. The van der Waals surface area contributed by atoms with E-state index in [0.29, 0.717) is 16.8 Å². The Morgan fingerprint density at radius 3 is 2.56 bits per heavy atom. The van der Waals surface area contributed by atoms with Crippen molar-refractivity contribution < 1.29 is 27.5 Å². The van der Waals surface area contributed by atoms with Crippen LogP contribution >= 0.6 is 35.3 Å². The van der Waals surface area contributed by atoms with Gasteiger partial charge in [-0.1, -0.05) is 24.3 Å². The van der Waals surface area contributed by atoms with Crippen molar-refractivity contribution in [1.29, 1.82) is 0 Å². The van der Waals surface area contributed by atoms with Crippen LogP contribution in [0.1, 0.15) is 5.56 Å². The van der Waals surface area contributed by atoms with Crippen LogP contribution in [0.3, 0.4) is 0 Å². The molecule has 0 saturated heterocycles. The number of rotatable bonds is 9. The fourth-order valence-corrected chi connectivity index (χ4v) is 3.73. The van der Waals surface area contributed by atoms with Crippen LogP contribution in [0.15, 0.2) is 53.0 Å². The molecule has 136 valence electrons. The Morgan fingerprint density at radius 2 is 1.92 bits per heavy atom. The highest BCUT2D eigenvalue weighted by Gasteiger charge is 2.34. The number of halogens is 3.